The summed E-state index contributed by atoms with van der Waals surface area (Å²) in [6, 6.07) is 6.93. The normalized spacial score (nSPS) is 14.1. The highest BCUT2D eigenvalue weighted by Gasteiger charge is 2.19. The largest absolute Gasteiger partial charge is 0.324 e. The molecule has 0 radical (unpaired) electrons. The van der Waals surface area contributed by atoms with Crippen molar-refractivity contribution in [1.82, 2.24) is 0 Å². The molecule has 0 fully saturated rings. The van der Waals surface area contributed by atoms with Crippen LogP contribution in [0.4, 0.5) is 8.78 Å². The van der Waals surface area contributed by atoms with Gasteiger partial charge in [0.15, 0.2) is 0 Å². The van der Waals surface area contributed by atoms with Gasteiger partial charge in [-0.2, -0.15) is 0 Å². The molecule has 17 heavy (non-hydrogen) atoms. The molecule has 0 heterocycles. The lowest BCUT2D eigenvalue weighted by Crippen LogP contribution is -2.16. The Bertz CT molecular complexity index is 361. The van der Waals surface area contributed by atoms with Crippen molar-refractivity contribution < 1.29 is 8.78 Å². The van der Waals surface area contributed by atoms with Crippen LogP contribution in [0.3, 0.4) is 0 Å². The van der Waals surface area contributed by atoms with E-state index in [2.05, 4.69) is 20.8 Å². The van der Waals surface area contributed by atoms with E-state index in [0.29, 0.717) is 0 Å². The summed E-state index contributed by atoms with van der Waals surface area (Å²) < 4.78 is 24.7. The Balaban J connectivity index is 2.91. The Morgan fingerprint density at radius 1 is 1.24 bits per heavy atom. The minimum Gasteiger partial charge on any atom is -0.324 e. The number of hydrogen-bond acceptors (Lipinski definition) is 2. The van der Waals surface area contributed by atoms with Crippen molar-refractivity contribution >= 4 is 11.8 Å². The Morgan fingerprint density at radius 2 is 1.82 bits per heavy atom. The van der Waals surface area contributed by atoms with E-state index in [0.717, 1.165) is 10.5 Å². The van der Waals surface area contributed by atoms with Crippen LogP contribution in [0.25, 0.3) is 0 Å². The Morgan fingerprint density at radius 3 is 2.35 bits per heavy atom. The fourth-order valence-electron chi connectivity index (χ4n) is 1.53. The highest BCUT2D eigenvalue weighted by atomic mass is 32.2. The Hall–Kier alpha value is -0.610. The lowest BCUT2D eigenvalue weighted by Gasteiger charge is -2.22. The molecular weight excluding hydrogens is 240 g/mol. The summed E-state index contributed by atoms with van der Waals surface area (Å²) in [6.45, 7) is 6.27. The number of rotatable bonds is 4. The molecule has 0 unspecified atom stereocenters. The second kappa shape index (κ2) is 5.83. The fraction of sp³-hybridized carbons (Fsp3) is 0.538. The van der Waals surface area contributed by atoms with E-state index in [-0.39, 0.29) is 11.2 Å². The average molecular weight is 259 g/mol. The van der Waals surface area contributed by atoms with Crippen LogP contribution in [0.2, 0.25) is 0 Å². The maximum absolute atomic E-state index is 12.4. The highest BCUT2D eigenvalue weighted by Crippen LogP contribution is 2.36. The van der Waals surface area contributed by atoms with Crippen molar-refractivity contribution in [2.75, 3.05) is 0 Å². The third kappa shape index (κ3) is 5.04. The van der Waals surface area contributed by atoms with Crippen LogP contribution in [-0.4, -0.2) is 11.2 Å². The smallest absolute Gasteiger partial charge is 0.240 e. The monoisotopic (exact) mass is 259 g/mol. The molecule has 1 nitrogen and oxygen atoms in total. The van der Waals surface area contributed by atoms with Gasteiger partial charge in [0, 0.05) is 22.1 Å². The number of halogens is 2. The van der Waals surface area contributed by atoms with Crippen LogP contribution in [0.5, 0.6) is 0 Å². The van der Waals surface area contributed by atoms with Gasteiger partial charge in [-0.05, 0) is 11.6 Å². The van der Waals surface area contributed by atoms with Crippen molar-refractivity contribution in [3.63, 3.8) is 0 Å². The van der Waals surface area contributed by atoms with Gasteiger partial charge < -0.3 is 5.73 Å². The number of nitrogens with two attached hydrogens (primary N) is 1. The summed E-state index contributed by atoms with van der Waals surface area (Å²) in [5.41, 5.74) is 6.63. The number of thioether (sulfide) groups is 1. The second-order valence-electron chi connectivity index (χ2n) is 4.99. The molecule has 0 bridgehead atoms. The van der Waals surface area contributed by atoms with E-state index >= 15 is 0 Å². The third-order valence-electron chi connectivity index (χ3n) is 2.17. The Labute approximate surface area is 106 Å². The Kier molecular flexibility index (Phi) is 4.95. The molecule has 1 rings (SSSR count). The van der Waals surface area contributed by atoms with Gasteiger partial charge in [-0.15, -0.1) is 11.8 Å². The van der Waals surface area contributed by atoms with Crippen molar-refractivity contribution in [2.24, 2.45) is 5.73 Å². The summed E-state index contributed by atoms with van der Waals surface area (Å²) in [5.74, 6) is 0. The quantitative estimate of drug-likeness (QED) is 0.819. The lowest BCUT2D eigenvalue weighted by atomic mass is 10.1. The molecule has 1 aromatic rings. The third-order valence-corrected chi connectivity index (χ3v) is 3.37. The summed E-state index contributed by atoms with van der Waals surface area (Å²) in [6.07, 6.45) is -2.65. The van der Waals surface area contributed by atoms with Gasteiger partial charge in [-0.1, -0.05) is 39.0 Å². The molecule has 96 valence electrons. The molecule has 0 spiro atoms. The highest BCUT2D eigenvalue weighted by molar-refractivity contribution is 8.00. The van der Waals surface area contributed by atoms with E-state index in [1.54, 1.807) is 11.8 Å². The average Bonchev–Trinajstić information content (AvgIpc) is 2.14. The summed E-state index contributed by atoms with van der Waals surface area (Å²) in [7, 11) is 0. The minimum atomic E-state index is -2.36. The summed E-state index contributed by atoms with van der Waals surface area (Å²) >= 11 is 1.66. The number of hydrogen-bond donors (Lipinski definition) is 1. The number of alkyl halides is 2. The van der Waals surface area contributed by atoms with Crippen molar-refractivity contribution in [3.8, 4) is 0 Å². The van der Waals surface area contributed by atoms with Crippen LogP contribution in [0, 0.1) is 0 Å². The molecule has 0 aromatic heterocycles. The van der Waals surface area contributed by atoms with E-state index in [1.807, 2.05) is 24.3 Å². The molecule has 0 aliphatic heterocycles. The first-order chi connectivity index (χ1) is 7.79. The van der Waals surface area contributed by atoms with Gasteiger partial charge in [0.1, 0.15) is 0 Å². The number of benzene rings is 1. The summed E-state index contributed by atoms with van der Waals surface area (Å²) in [4.78, 5) is 0.994. The zero-order chi connectivity index (χ0) is 13.1. The molecule has 2 N–H and O–H groups in total. The molecule has 4 heteroatoms. The first kappa shape index (κ1) is 14.5. The van der Waals surface area contributed by atoms with Crippen molar-refractivity contribution in [1.29, 1.82) is 0 Å². The maximum Gasteiger partial charge on any atom is 0.240 e. The molecule has 1 aromatic carbocycles. The van der Waals surface area contributed by atoms with Gasteiger partial charge in [0.25, 0.3) is 0 Å². The van der Waals surface area contributed by atoms with E-state index in [9.17, 15) is 8.78 Å². The molecule has 0 aliphatic carbocycles. The molecule has 1 atom stereocenters. The van der Waals surface area contributed by atoms with Gasteiger partial charge in [0.05, 0.1) is 0 Å². The SMILES string of the molecule is CC(C)(C)Sc1ccccc1[C@@H](N)CC(F)F. The predicted molar refractivity (Wildman–Crippen MR) is 69.6 cm³/mol. The topological polar surface area (TPSA) is 26.0 Å². The fourth-order valence-corrected chi connectivity index (χ4v) is 2.67. The predicted octanol–water partition coefficient (Wildman–Crippen LogP) is 4.23. The molecule has 0 amide bonds. The molecule has 0 saturated carbocycles. The standard InChI is InChI=1S/C13H19F2NS/c1-13(2,3)17-11-7-5-4-6-9(11)10(16)8-12(14)15/h4-7,10,12H,8,16H2,1-3H3/t10-/m0/s1. The van der Waals surface area contributed by atoms with Crippen LogP contribution in [0.1, 0.15) is 38.8 Å². The van der Waals surface area contributed by atoms with Crippen molar-refractivity contribution in [3.05, 3.63) is 29.8 Å². The molecular formula is C13H19F2NS. The van der Waals surface area contributed by atoms with Gasteiger partial charge >= 0.3 is 0 Å². The van der Waals surface area contributed by atoms with E-state index < -0.39 is 12.5 Å². The van der Waals surface area contributed by atoms with Gasteiger partial charge in [-0.25, -0.2) is 8.78 Å². The van der Waals surface area contributed by atoms with Crippen LogP contribution in [0.15, 0.2) is 29.2 Å². The second-order valence-corrected chi connectivity index (χ2v) is 6.85. The molecule has 0 aliphatic rings. The van der Waals surface area contributed by atoms with Gasteiger partial charge in [0.2, 0.25) is 6.43 Å². The van der Waals surface area contributed by atoms with E-state index in [4.69, 9.17) is 5.73 Å². The van der Waals surface area contributed by atoms with Crippen molar-refractivity contribution in [2.45, 2.75) is 49.3 Å². The minimum absolute atomic E-state index is 0.0423. The van der Waals surface area contributed by atoms with Gasteiger partial charge in [-0.3, -0.25) is 0 Å². The zero-order valence-electron chi connectivity index (χ0n) is 10.4. The van der Waals surface area contributed by atoms with Crippen LogP contribution in [-0.2, 0) is 0 Å². The van der Waals surface area contributed by atoms with Crippen LogP contribution >= 0.6 is 11.8 Å². The maximum atomic E-state index is 12.4. The van der Waals surface area contributed by atoms with E-state index in [1.165, 1.54) is 0 Å². The summed E-state index contributed by atoms with van der Waals surface area (Å²) in [5, 5.41) is 0. The first-order valence-electron chi connectivity index (χ1n) is 5.61. The lowest BCUT2D eigenvalue weighted by molar-refractivity contribution is 0.128. The first-order valence-corrected chi connectivity index (χ1v) is 6.43. The molecule has 0 saturated heterocycles. The van der Waals surface area contributed by atoms with Crippen LogP contribution < -0.4 is 5.73 Å². The zero-order valence-corrected chi connectivity index (χ0v) is 11.2.